The Morgan fingerprint density at radius 2 is 1.71 bits per heavy atom. The van der Waals surface area contributed by atoms with Crippen LogP contribution in [0.5, 0.6) is 17.2 Å². The Morgan fingerprint density at radius 1 is 0.929 bits per heavy atom. The molecule has 148 valence electrons. The topological polar surface area (TPSA) is 83.1 Å². The minimum absolute atomic E-state index is 0.252. The van der Waals surface area contributed by atoms with Gasteiger partial charge in [0.05, 0.1) is 19.9 Å². The number of hydrogen-bond donors (Lipinski definition) is 1. The summed E-state index contributed by atoms with van der Waals surface area (Å²) in [5.41, 5.74) is 3.05. The van der Waals surface area contributed by atoms with Crippen LogP contribution in [0.2, 0.25) is 0 Å². The van der Waals surface area contributed by atoms with E-state index in [9.17, 15) is 9.59 Å². The van der Waals surface area contributed by atoms with Crippen LogP contribution in [0, 0.1) is 0 Å². The molecule has 0 atom stereocenters. The van der Waals surface area contributed by atoms with Gasteiger partial charge < -0.3 is 24.3 Å². The Kier molecular flexibility index (Phi) is 6.37. The average molecular weight is 385 g/mol. The van der Waals surface area contributed by atoms with Gasteiger partial charge in [0.25, 0.3) is 5.91 Å². The molecular formula is C21H23NO6. The summed E-state index contributed by atoms with van der Waals surface area (Å²) in [6, 6.07) is 10.8. The Morgan fingerprint density at radius 3 is 2.50 bits per heavy atom. The first kappa shape index (κ1) is 19.5. The fourth-order valence-electron chi connectivity index (χ4n) is 3.06. The van der Waals surface area contributed by atoms with Crippen LogP contribution in [-0.4, -0.2) is 39.3 Å². The van der Waals surface area contributed by atoms with Gasteiger partial charge in [-0.25, -0.2) is 4.79 Å². The van der Waals surface area contributed by atoms with Gasteiger partial charge >= 0.3 is 5.97 Å². The minimum Gasteiger partial charge on any atom is -0.497 e. The molecule has 0 fully saturated rings. The monoisotopic (exact) mass is 385 g/mol. The number of ether oxygens (including phenoxy) is 4. The van der Waals surface area contributed by atoms with Gasteiger partial charge in [0.1, 0.15) is 17.2 Å². The number of amides is 1. The fraction of sp³-hybridized carbons (Fsp3) is 0.333. The molecule has 7 nitrogen and oxygen atoms in total. The van der Waals surface area contributed by atoms with Gasteiger partial charge in [-0.2, -0.15) is 0 Å². The largest absolute Gasteiger partial charge is 0.497 e. The Hall–Kier alpha value is -3.22. The van der Waals surface area contributed by atoms with Crippen molar-refractivity contribution in [3.05, 3.63) is 47.5 Å². The summed E-state index contributed by atoms with van der Waals surface area (Å²) in [7, 11) is 3.03. The zero-order valence-corrected chi connectivity index (χ0v) is 15.9. The zero-order chi connectivity index (χ0) is 19.9. The second kappa shape index (κ2) is 9.12. The lowest BCUT2D eigenvalue weighted by Crippen LogP contribution is -2.23. The third kappa shape index (κ3) is 4.94. The molecule has 1 N–H and O–H groups in total. The van der Waals surface area contributed by atoms with Crippen LogP contribution in [0.25, 0.3) is 0 Å². The van der Waals surface area contributed by atoms with E-state index in [4.69, 9.17) is 18.9 Å². The normalized spacial score (nSPS) is 12.1. The lowest BCUT2D eigenvalue weighted by molar-refractivity contribution is -0.149. The molecular weight excluding hydrogens is 362 g/mol. The number of aryl methyl sites for hydroxylation is 2. The number of nitrogens with one attached hydrogen (secondary N) is 1. The Labute approximate surface area is 163 Å². The first-order chi connectivity index (χ1) is 13.6. The third-order valence-corrected chi connectivity index (χ3v) is 4.47. The lowest BCUT2D eigenvalue weighted by atomic mass is 10.1. The van der Waals surface area contributed by atoms with Gasteiger partial charge in [-0.1, -0.05) is 6.07 Å². The highest BCUT2D eigenvalue weighted by molar-refractivity contribution is 5.94. The van der Waals surface area contributed by atoms with Crippen molar-refractivity contribution in [1.82, 2.24) is 0 Å². The molecule has 0 aliphatic heterocycles. The van der Waals surface area contributed by atoms with E-state index >= 15 is 0 Å². The molecule has 2 aromatic carbocycles. The molecule has 0 saturated carbocycles. The lowest BCUT2D eigenvalue weighted by Gasteiger charge is -2.12. The van der Waals surface area contributed by atoms with Gasteiger partial charge in [0.2, 0.25) is 0 Å². The molecule has 7 heteroatoms. The molecule has 0 bridgehead atoms. The number of benzene rings is 2. The number of hydrogen-bond acceptors (Lipinski definition) is 6. The van der Waals surface area contributed by atoms with Crippen LogP contribution in [-0.2, 0) is 27.2 Å². The minimum atomic E-state index is -0.614. The molecule has 28 heavy (non-hydrogen) atoms. The van der Waals surface area contributed by atoms with Crippen LogP contribution >= 0.6 is 0 Å². The van der Waals surface area contributed by atoms with Gasteiger partial charge in [-0.3, -0.25) is 4.79 Å². The number of carbonyl (C=O) groups is 2. The summed E-state index contributed by atoms with van der Waals surface area (Å²) in [4.78, 5) is 23.9. The summed E-state index contributed by atoms with van der Waals surface area (Å²) in [6.45, 7) is -0.667. The van der Waals surface area contributed by atoms with Gasteiger partial charge in [-0.15, -0.1) is 0 Å². The molecule has 0 heterocycles. The molecule has 0 unspecified atom stereocenters. The van der Waals surface area contributed by atoms with E-state index in [1.165, 1.54) is 25.3 Å². The van der Waals surface area contributed by atoms with Crippen molar-refractivity contribution in [3.8, 4) is 17.2 Å². The maximum absolute atomic E-state index is 12.0. The summed E-state index contributed by atoms with van der Waals surface area (Å²) in [5.74, 6) is 0.584. The smallest absolute Gasteiger partial charge is 0.344 e. The highest BCUT2D eigenvalue weighted by Gasteiger charge is 2.14. The van der Waals surface area contributed by atoms with E-state index in [0.29, 0.717) is 22.9 Å². The van der Waals surface area contributed by atoms with Crippen molar-refractivity contribution < 1.29 is 28.5 Å². The quantitative estimate of drug-likeness (QED) is 0.704. The number of fused-ring (bicyclic) bond motifs is 1. The van der Waals surface area contributed by atoms with Crippen LogP contribution in [0.4, 0.5) is 5.69 Å². The SMILES string of the molecule is COc1ccc(NC(=O)COC(=O)COc2ccc3c(c2)CCC3)c(OC)c1. The third-order valence-electron chi connectivity index (χ3n) is 4.47. The van der Waals surface area contributed by atoms with E-state index in [-0.39, 0.29) is 6.61 Å². The highest BCUT2D eigenvalue weighted by atomic mass is 16.6. The van der Waals surface area contributed by atoms with Crippen molar-refractivity contribution in [1.29, 1.82) is 0 Å². The molecule has 1 amide bonds. The van der Waals surface area contributed by atoms with Crippen LogP contribution in [0.15, 0.2) is 36.4 Å². The van der Waals surface area contributed by atoms with Crippen molar-refractivity contribution in [2.24, 2.45) is 0 Å². The van der Waals surface area contributed by atoms with E-state index in [2.05, 4.69) is 5.32 Å². The predicted molar refractivity (Wildman–Crippen MR) is 103 cm³/mol. The summed E-state index contributed by atoms with van der Waals surface area (Å²) < 4.78 is 20.8. The average Bonchev–Trinajstić information content (AvgIpc) is 3.18. The molecule has 3 rings (SSSR count). The molecule has 1 aliphatic carbocycles. The maximum atomic E-state index is 12.0. The van der Waals surface area contributed by atoms with Crippen LogP contribution in [0.1, 0.15) is 17.5 Å². The highest BCUT2D eigenvalue weighted by Crippen LogP contribution is 2.29. The first-order valence-electron chi connectivity index (χ1n) is 9.01. The molecule has 0 aromatic heterocycles. The van der Waals surface area contributed by atoms with Gasteiger partial charge in [0, 0.05) is 6.07 Å². The zero-order valence-electron chi connectivity index (χ0n) is 15.9. The van der Waals surface area contributed by atoms with Crippen molar-refractivity contribution in [3.63, 3.8) is 0 Å². The number of methoxy groups -OCH3 is 2. The molecule has 2 aromatic rings. The number of anilines is 1. The second-order valence-electron chi connectivity index (χ2n) is 6.35. The van der Waals surface area contributed by atoms with Crippen molar-refractivity contribution in [2.75, 3.05) is 32.8 Å². The van der Waals surface area contributed by atoms with E-state index in [1.807, 2.05) is 18.2 Å². The predicted octanol–water partition coefficient (Wildman–Crippen LogP) is 2.75. The first-order valence-corrected chi connectivity index (χ1v) is 9.01. The number of carbonyl (C=O) groups excluding carboxylic acids is 2. The molecule has 0 saturated heterocycles. The van der Waals surface area contributed by atoms with E-state index in [0.717, 1.165) is 19.3 Å². The molecule has 0 spiro atoms. The van der Waals surface area contributed by atoms with Crippen LogP contribution in [0.3, 0.4) is 0 Å². The summed E-state index contributed by atoms with van der Waals surface area (Å²) in [6.07, 6.45) is 3.27. The Balaban J connectivity index is 1.45. The number of esters is 1. The summed E-state index contributed by atoms with van der Waals surface area (Å²) in [5, 5.41) is 2.63. The standard InChI is InChI=1S/C21H23NO6/c1-25-16-8-9-18(19(11-16)26-2)22-20(23)12-28-21(24)13-27-17-7-6-14-4-3-5-15(14)10-17/h6-11H,3-5,12-13H2,1-2H3,(H,22,23). The van der Waals surface area contributed by atoms with E-state index in [1.54, 1.807) is 18.2 Å². The summed E-state index contributed by atoms with van der Waals surface area (Å²) >= 11 is 0. The maximum Gasteiger partial charge on any atom is 0.344 e. The van der Waals surface area contributed by atoms with Crippen molar-refractivity contribution in [2.45, 2.75) is 19.3 Å². The van der Waals surface area contributed by atoms with Gasteiger partial charge in [0.15, 0.2) is 13.2 Å². The van der Waals surface area contributed by atoms with Crippen LogP contribution < -0.4 is 19.5 Å². The fourth-order valence-corrected chi connectivity index (χ4v) is 3.06. The van der Waals surface area contributed by atoms with Gasteiger partial charge in [-0.05, 0) is 54.7 Å². The van der Waals surface area contributed by atoms with Crippen molar-refractivity contribution >= 4 is 17.6 Å². The number of rotatable bonds is 8. The second-order valence-corrected chi connectivity index (χ2v) is 6.35. The Bertz CT molecular complexity index is 864. The molecule has 0 radical (unpaired) electrons. The van der Waals surface area contributed by atoms with E-state index < -0.39 is 18.5 Å². The molecule has 1 aliphatic rings.